The third-order valence-corrected chi connectivity index (χ3v) is 4.05. The highest BCUT2D eigenvalue weighted by Gasteiger charge is 2.06. The second-order valence-corrected chi connectivity index (χ2v) is 5.78. The van der Waals surface area contributed by atoms with E-state index >= 15 is 0 Å². The number of halogens is 1. The maximum atomic E-state index is 5.98. The minimum Gasteiger partial charge on any atom is -0.497 e. The molecule has 0 unspecified atom stereocenters. The smallest absolute Gasteiger partial charge is 0.193 e. The van der Waals surface area contributed by atoms with Crippen molar-refractivity contribution in [1.82, 2.24) is 0 Å². The van der Waals surface area contributed by atoms with Crippen LogP contribution in [0.3, 0.4) is 0 Å². The highest BCUT2D eigenvalue weighted by Crippen LogP contribution is 2.28. The lowest BCUT2D eigenvalue weighted by Gasteiger charge is -2.12. The number of ether oxygens (including phenoxy) is 3. The van der Waals surface area contributed by atoms with E-state index in [1.165, 1.54) is 0 Å². The van der Waals surface area contributed by atoms with Gasteiger partial charge in [-0.1, -0.05) is 36.4 Å². The molecule has 3 rings (SSSR count). The SMILES string of the molecule is COc1ccc(OC)c(NC(N)=NCCOc2cccc3ccccc23)c1.I. The zero-order valence-corrected chi connectivity index (χ0v) is 18.2. The summed E-state index contributed by atoms with van der Waals surface area (Å²) < 4.78 is 16.4. The van der Waals surface area contributed by atoms with Gasteiger partial charge < -0.3 is 25.3 Å². The maximum Gasteiger partial charge on any atom is 0.193 e. The van der Waals surface area contributed by atoms with E-state index in [0.717, 1.165) is 16.5 Å². The van der Waals surface area contributed by atoms with Crippen LogP contribution in [0.1, 0.15) is 0 Å². The van der Waals surface area contributed by atoms with Crippen LogP contribution in [0.4, 0.5) is 5.69 Å². The molecule has 0 atom stereocenters. The van der Waals surface area contributed by atoms with Crippen LogP contribution in [-0.2, 0) is 0 Å². The number of fused-ring (bicyclic) bond motifs is 1. The first kappa shape index (κ1) is 21.6. The molecular formula is C21H24IN3O3. The largest absolute Gasteiger partial charge is 0.497 e. The molecule has 0 saturated carbocycles. The Morgan fingerprint density at radius 1 is 0.964 bits per heavy atom. The van der Waals surface area contributed by atoms with E-state index in [9.17, 15) is 0 Å². The van der Waals surface area contributed by atoms with Gasteiger partial charge in [0.15, 0.2) is 5.96 Å². The van der Waals surface area contributed by atoms with E-state index in [-0.39, 0.29) is 29.9 Å². The first-order chi connectivity index (χ1) is 13.2. The Kier molecular flexibility index (Phi) is 8.19. The van der Waals surface area contributed by atoms with Crippen molar-refractivity contribution in [2.45, 2.75) is 0 Å². The van der Waals surface area contributed by atoms with Crippen LogP contribution < -0.4 is 25.3 Å². The van der Waals surface area contributed by atoms with Crippen LogP contribution in [0.15, 0.2) is 65.7 Å². The predicted molar refractivity (Wildman–Crippen MR) is 125 cm³/mol. The number of nitrogens with zero attached hydrogens (tertiary/aromatic N) is 1. The first-order valence-electron chi connectivity index (χ1n) is 8.61. The standard InChI is InChI=1S/C21H23N3O3.HI/c1-25-16-10-11-20(26-2)18(14-16)24-21(22)23-12-13-27-19-9-5-7-15-6-3-4-8-17(15)19;/h3-11,14H,12-13H2,1-2H3,(H3,22,23,24);1H. The lowest BCUT2D eigenvalue weighted by atomic mass is 10.1. The molecule has 3 N–H and O–H groups in total. The summed E-state index contributed by atoms with van der Waals surface area (Å²) in [6.45, 7) is 0.847. The highest BCUT2D eigenvalue weighted by molar-refractivity contribution is 14.0. The lowest BCUT2D eigenvalue weighted by Crippen LogP contribution is -2.24. The van der Waals surface area contributed by atoms with E-state index in [4.69, 9.17) is 19.9 Å². The van der Waals surface area contributed by atoms with Crippen LogP contribution >= 0.6 is 24.0 Å². The number of hydrogen-bond acceptors (Lipinski definition) is 4. The molecule has 0 fully saturated rings. The van der Waals surface area contributed by atoms with Gasteiger partial charge in [-0.05, 0) is 23.6 Å². The molecule has 0 aromatic heterocycles. The molecule has 0 radical (unpaired) electrons. The third-order valence-electron chi connectivity index (χ3n) is 4.05. The summed E-state index contributed by atoms with van der Waals surface area (Å²) in [5.41, 5.74) is 6.67. The zero-order valence-electron chi connectivity index (χ0n) is 15.8. The van der Waals surface area contributed by atoms with Gasteiger partial charge in [-0.15, -0.1) is 24.0 Å². The molecular weight excluding hydrogens is 469 g/mol. The predicted octanol–water partition coefficient (Wildman–Crippen LogP) is 4.28. The number of methoxy groups -OCH3 is 2. The van der Waals surface area contributed by atoms with Crippen molar-refractivity contribution in [2.24, 2.45) is 10.7 Å². The number of hydrogen-bond donors (Lipinski definition) is 2. The summed E-state index contributed by atoms with van der Waals surface area (Å²) in [5, 5.41) is 5.25. The molecule has 3 aromatic rings. The van der Waals surface area contributed by atoms with Gasteiger partial charge in [0, 0.05) is 11.5 Å². The summed E-state index contributed by atoms with van der Waals surface area (Å²) >= 11 is 0. The number of aliphatic imine (C=N–C) groups is 1. The minimum atomic E-state index is 0. The van der Waals surface area contributed by atoms with Crippen molar-refractivity contribution in [3.63, 3.8) is 0 Å². The molecule has 0 aliphatic heterocycles. The zero-order chi connectivity index (χ0) is 19.1. The molecule has 28 heavy (non-hydrogen) atoms. The molecule has 148 valence electrons. The number of nitrogens with two attached hydrogens (primary N) is 1. The van der Waals surface area contributed by atoms with E-state index in [2.05, 4.69) is 22.4 Å². The number of guanidine groups is 1. The minimum absolute atomic E-state index is 0. The quantitative estimate of drug-likeness (QED) is 0.222. The van der Waals surface area contributed by atoms with E-state index in [0.29, 0.717) is 30.3 Å². The second-order valence-electron chi connectivity index (χ2n) is 5.78. The van der Waals surface area contributed by atoms with Crippen LogP contribution in [0.2, 0.25) is 0 Å². The Hall–Kier alpha value is -2.68. The van der Waals surface area contributed by atoms with Crippen molar-refractivity contribution >= 4 is 46.4 Å². The van der Waals surface area contributed by atoms with Crippen molar-refractivity contribution in [3.05, 3.63) is 60.7 Å². The average Bonchev–Trinajstić information content (AvgIpc) is 2.71. The average molecular weight is 493 g/mol. The molecule has 0 saturated heterocycles. The first-order valence-corrected chi connectivity index (χ1v) is 8.61. The summed E-state index contributed by atoms with van der Waals surface area (Å²) in [6, 6.07) is 19.5. The molecule has 0 amide bonds. The molecule has 0 heterocycles. The van der Waals surface area contributed by atoms with E-state index in [1.54, 1.807) is 26.4 Å². The highest BCUT2D eigenvalue weighted by atomic mass is 127. The van der Waals surface area contributed by atoms with Crippen molar-refractivity contribution in [2.75, 3.05) is 32.7 Å². The number of rotatable bonds is 7. The third kappa shape index (κ3) is 5.41. The maximum absolute atomic E-state index is 5.98. The Bertz CT molecular complexity index is 942. The number of anilines is 1. The van der Waals surface area contributed by atoms with Crippen molar-refractivity contribution in [3.8, 4) is 17.2 Å². The summed E-state index contributed by atoms with van der Waals surface area (Å²) in [7, 11) is 3.20. The van der Waals surface area contributed by atoms with Gasteiger partial charge in [0.1, 0.15) is 23.9 Å². The van der Waals surface area contributed by atoms with Gasteiger partial charge >= 0.3 is 0 Å². The fourth-order valence-electron chi connectivity index (χ4n) is 2.73. The number of benzene rings is 3. The summed E-state index contributed by atoms with van der Waals surface area (Å²) in [6.07, 6.45) is 0. The van der Waals surface area contributed by atoms with Gasteiger partial charge in [-0.3, -0.25) is 0 Å². The van der Waals surface area contributed by atoms with Crippen molar-refractivity contribution < 1.29 is 14.2 Å². The Labute approximate surface area is 181 Å². The number of nitrogens with one attached hydrogen (secondary N) is 1. The van der Waals surface area contributed by atoms with E-state index in [1.807, 2.05) is 36.4 Å². The monoisotopic (exact) mass is 493 g/mol. The van der Waals surface area contributed by atoms with Gasteiger partial charge in [-0.2, -0.15) is 0 Å². The van der Waals surface area contributed by atoms with Gasteiger partial charge in [0.05, 0.1) is 26.5 Å². The van der Waals surface area contributed by atoms with Crippen LogP contribution in [0, 0.1) is 0 Å². The fraction of sp³-hybridized carbons (Fsp3) is 0.190. The molecule has 0 aliphatic rings. The Morgan fingerprint density at radius 2 is 1.75 bits per heavy atom. The molecule has 0 bridgehead atoms. The second kappa shape index (κ2) is 10.6. The van der Waals surface area contributed by atoms with Crippen LogP contribution in [0.5, 0.6) is 17.2 Å². The summed E-state index contributed by atoms with van der Waals surface area (Å²) in [4.78, 5) is 4.31. The van der Waals surface area contributed by atoms with Crippen LogP contribution in [0.25, 0.3) is 10.8 Å². The van der Waals surface area contributed by atoms with Crippen molar-refractivity contribution in [1.29, 1.82) is 0 Å². The molecule has 0 spiro atoms. The summed E-state index contributed by atoms with van der Waals surface area (Å²) in [5.74, 6) is 2.47. The molecule has 6 nitrogen and oxygen atoms in total. The normalized spacial score (nSPS) is 10.9. The fourth-order valence-corrected chi connectivity index (χ4v) is 2.73. The molecule has 7 heteroatoms. The topological polar surface area (TPSA) is 78.1 Å². The van der Waals surface area contributed by atoms with Crippen LogP contribution in [-0.4, -0.2) is 33.3 Å². The molecule has 0 aliphatic carbocycles. The van der Waals surface area contributed by atoms with Gasteiger partial charge in [-0.25, -0.2) is 4.99 Å². The van der Waals surface area contributed by atoms with E-state index < -0.39 is 0 Å². The Balaban J connectivity index is 0.00000280. The lowest BCUT2D eigenvalue weighted by molar-refractivity contribution is 0.332. The van der Waals surface area contributed by atoms with Gasteiger partial charge in [0.2, 0.25) is 0 Å². The molecule has 3 aromatic carbocycles. The Morgan fingerprint density at radius 3 is 2.54 bits per heavy atom. The van der Waals surface area contributed by atoms with Gasteiger partial charge in [0.25, 0.3) is 0 Å².